The van der Waals surface area contributed by atoms with Gasteiger partial charge >= 0.3 is 5.97 Å². The Hall–Kier alpha value is -2.08. The molecule has 1 aliphatic carbocycles. The van der Waals surface area contributed by atoms with Crippen LogP contribution in [0.25, 0.3) is 0 Å². The molecule has 0 bridgehead atoms. The maximum atomic E-state index is 12.2. The standard InChI is InChI=1S/C14H18N2O4/c1-20-11-7-9(3-4-10(11)12(17)18)16-13(19)14(8-15)5-2-6-14/h3-4,7H,2,5-6,8,15H2,1H3,(H,16,19)(H,17,18). The molecule has 0 spiro atoms. The van der Waals surface area contributed by atoms with Gasteiger partial charge in [0.1, 0.15) is 11.3 Å². The Morgan fingerprint density at radius 3 is 2.60 bits per heavy atom. The predicted molar refractivity (Wildman–Crippen MR) is 73.9 cm³/mol. The monoisotopic (exact) mass is 278 g/mol. The van der Waals surface area contributed by atoms with Gasteiger partial charge in [0.2, 0.25) is 5.91 Å². The van der Waals surface area contributed by atoms with Crippen molar-refractivity contribution in [1.29, 1.82) is 0 Å². The summed E-state index contributed by atoms with van der Waals surface area (Å²) in [5.41, 5.74) is 5.78. The second-order valence-corrected chi connectivity index (χ2v) is 5.01. The summed E-state index contributed by atoms with van der Waals surface area (Å²) in [4.78, 5) is 23.2. The number of hydrogen-bond acceptors (Lipinski definition) is 4. The molecule has 20 heavy (non-hydrogen) atoms. The zero-order chi connectivity index (χ0) is 14.8. The SMILES string of the molecule is COc1cc(NC(=O)C2(CN)CCC2)ccc1C(=O)O. The van der Waals surface area contributed by atoms with Crippen LogP contribution >= 0.6 is 0 Å². The summed E-state index contributed by atoms with van der Waals surface area (Å²) >= 11 is 0. The number of ether oxygens (including phenoxy) is 1. The molecular weight excluding hydrogens is 260 g/mol. The molecule has 0 radical (unpaired) electrons. The maximum absolute atomic E-state index is 12.2. The van der Waals surface area contributed by atoms with Gasteiger partial charge in [-0.05, 0) is 25.0 Å². The van der Waals surface area contributed by atoms with Crippen molar-refractivity contribution in [2.75, 3.05) is 19.0 Å². The Labute approximate surface area is 116 Å². The highest BCUT2D eigenvalue weighted by Gasteiger charge is 2.42. The number of methoxy groups -OCH3 is 1. The molecule has 4 N–H and O–H groups in total. The number of hydrogen-bond donors (Lipinski definition) is 3. The third-order valence-corrected chi connectivity index (χ3v) is 3.87. The normalized spacial score (nSPS) is 16.1. The highest BCUT2D eigenvalue weighted by atomic mass is 16.5. The minimum atomic E-state index is -1.07. The zero-order valence-corrected chi connectivity index (χ0v) is 11.3. The molecule has 0 atom stereocenters. The van der Waals surface area contributed by atoms with Gasteiger partial charge in [-0.1, -0.05) is 6.42 Å². The Morgan fingerprint density at radius 2 is 2.15 bits per heavy atom. The molecule has 1 saturated carbocycles. The topological polar surface area (TPSA) is 102 Å². The molecule has 6 heteroatoms. The summed E-state index contributed by atoms with van der Waals surface area (Å²) in [6.45, 7) is 0.323. The lowest BCUT2D eigenvalue weighted by Gasteiger charge is -2.39. The number of rotatable bonds is 5. The number of carbonyl (C=O) groups is 2. The van der Waals surface area contributed by atoms with Crippen molar-refractivity contribution in [1.82, 2.24) is 0 Å². The molecule has 1 aromatic carbocycles. The number of carboxylic acids is 1. The van der Waals surface area contributed by atoms with E-state index < -0.39 is 11.4 Å². The summed E-state index contributed by atoms with van der Waals surface area (Å²) in [5.74, 6) is -0.973. The van der Waals surface area contributed by atoms with E-state index in [9.17, 15) is 9.59 Å². The van der Waals surface area contributed by atoms with E-state index >= 15 is 0 Å². The Balaban J connectivity index is 2.18. The maximum Gasteiger partial charge on any atom is 0.339 e. The third kappa shape index (κ3) is 2.46. The van der Waals surface area contributed by atoms with E-state index in [4.69, 9.17) is 15.6 Å². The van der Waals surface area contributed by atoms with E-state index in [-0.39, 0.29) is 17.2 Å². The van der Waals surface area contributed by atoms with Crippen molar-refractivity contribution in [2.45, 2.75) is 19.3 Å². The first-order valence-corrected chi connectivity index (χ1v) is 6.45. The van der Waals surface area contributed by atoms with Gasteiger partial charge in [0.15, 0.2) is 0 Å². The van der Waals surface area contributed by atoms with Crippen LogP contribution in [0.1, 0.15) is 29.6 Å². The van der Waals surface area contributed by atoms with Crippen molar-refractivity contribution >= 4 is 17.6 Å². The summed E-state index contributed by atoms with van der Waals surface area (Å²) < 4.78 is 5.02. The molecule has 0 aliphatic heterocycles. The first-order valence-electron chi connectivity index (χ1n) is 6.45. The highest BCUT2D eigenvalue weighted by molar-refractivity contribution is 5.97. The van der Waals surface area contributed by atoms with Crippen LogP contribution in [0.2, 0.25) is 0 Å². The lowest BCUT2D eigenvalue weighted by Crippen LogP contribution is -2.47. The molecule has 1 amide bonds. The lowest BCUT2D eigenvalue weighted by atomic mass is 9.68. The third-order valence-electron chi connectivity index (χ3n) is 3.87. The van der Waals surface area contributed by atoms with E-state index in [0.717, 1.165) is 19.3 Å². The minimum Gasteiger partial charge on any atom is -0.496 e. The molecule has 1 fully saturated rings. The molecule has 6 nitrogen and oxygen atoms in total. The molecule has 108 valence electrons. The zero-order valence-electron chi connectivity index (χ0n) is 11.3. The number of amides is 1. The van der Waals surface area contributed by atoms with Gasteiger partial charge in [0.05, 0.1) is 12.5 Å². The minimum absolute atomic E-state index is 0.0580. The molecule has 0 saturated heterocycles. The summed E-state index contributed by atoms with van der Waals surface area (Å²) in [7, 11) is 1.39. The number of anilines is 1. The summed E-state index contributed by atoms with van der Waals surface area (Å²) in [6, 6.07) is 4.46. The molecule has 2 rings (SSSR count). The smallest absolute Gasteiger partial charge is 0.339 e. The van der Waals surface area contributed by atoms with Crippen LogP contribution in [-0.4, -0.2) is 30.6 Å². The van der Waals surface area contributed by atoms with Gasteiger partial charge in [0, 0.05) is 18.3 Å². The number of aromatic carboxylic acids is 1. The quantitative estimate of drug-likeness (QED) is 0.757. The predicted octanol–water partition coefficient (Wildman–Crippen LogP) is 1.46. The Kier molecular flexibility index (Phi) is 3.94. The van der Waals surface area contributed by atoms with Gasteiger partial charge in [-0.3, -0.25) is 4.79 Å². The van der Waals surface area contributed by atoms with E-state index in [1.807, 2.05) is 0 Å². The van der Waals surface area contributed by atoms with Gasteiger partial charge < -0.3 is 20.9 Å². The summed E-state index contributed by atoms with van der Waals surface area (Å²) in [5, 5.41) is 11.8. The van der Waals surface area contributed by atoms with Gasteiger partial charge in [-0.2, -0.15) is 0 Å². The largest absolute Gasteiger partial charge is 0.496 e. The van der Waals surface area contributed by atoms with Crippen LogP contribution in [0, 0.1) is 5.41 Å². The van der Waals surface area contributed by atoms with Crippen LogP contribution in [-0.2, 0) is 4.79 Å². The first kappa shape index (κ1) is 14.3. The van der Waals surface area contributed by atoms with Crippen LogP contribution < -0.4 is 15.8 Å². The fourth-order valence-corrected chi connectivity index (χ4v) is 2.34. The van der Waals surface area contributed by atoms with Gasteiger partial charge in [0.25, 0.3) is 0 Å². The summed E-state index contributed by atoms with van der Waals surface area (Å²) in [6.07, 6.45) is 2.59. The van der Waals surface area contributed by atoms with E-state index in [2.05, 4.69) is 5.32 Å². The molecule has 1 aliphatic rings. The van der Waals surface area contributed by atoms with Crippen molar-refractivity contribution < 1.29 is 19.4 Å². The number of nitrogens with one attached hydrogen (secondary N) is 1. The van der Waals surface area contributed by atoms with Gasteiger partial charge in [-0.15, -0.1) is 0 Å². The second-order valence-electron chi connectivity index (χ2n) is 5.01. The fraction of sp³-hybridized carbons (Fsp3) is 0.429. The van der Waals surface area contributed by atoms with Crippen LogP contribution in [0.4, 0.5) is 5.69 Å². The average Bonchev–Trinajstić information content (AvgIpc) is 2.37. The number of benzene rings is 1. The van der Waals surface area contributed by atoms with E-state index in [1.54, 1.807) is 6.07 Å². The van der Waals surface area contributed by atoms with Crippen molar-refractivity contribution in [3.05, 3.63) is 23.8 Å². The Bertz CT molecular complexity index is 532. The molecule has 0 unspecified atom stereocenters. The highest BCUT2D eigenvalue weighted by Crippen LogP contribution is 2.41. The van der Waals surface area contributed by atoms with Crippen LogP contribution in [0.5, 0.6) is 5.75 Å². The lowest BCUT2D eigenvalue weighted by molar-refractivity contribution is -0.129. The molecular formula is C14H18N2O4. The molecule has 0 aromatic heterocycles. The first-order chi connectivity index (χ1) is 9.52. The number of nitrogens with two attached hydrogens (primary N) is 1. The van der Waals surface area contributed by atoms with E-state index in [0.29, 0.717) is 12.2 Å². The van der Waals surface area contributed by atoms with Crippen molar-refractivity contribution in [3.8, 4) is 5.75 Å². The van der Waals surface area contributed by atoms with E-state index in [1.165, 1.54) is 19.2 Å². The number of carbonyl (C=O) groups excluding carboxylic acids is 1. The van der Waals surface area contributed by atoms with Gasteiger partial charge in [-0.25, -0.2) is 4.79 Å². The van der Waals surface area contributed by atoms with Crippen molar-refractivity contribution in [3.63, 3.8) is 0 Å². The molecule has 1 aromatic rings. The van der Waals surface area contributed by atoms with Crippen LogP contribution in [0.15, 0.2) is 18.2 Å². The molecule has 0 heterocycles. The fourth-order valence-electron chi connectivity index (χ4n) is 2.34. The second kappa shape index (κ2) is 5.50. The van der Waals surface area contributed by atoms with Crippen LogP contribution in [0.3, 0.4) is 0 Å². The number of carboxylic acid groups (broad SMARTS) is 1. The van der Waals surface area contributed by atoms with Crippen molar-refractivity contribution in [2.24, 2.45) is 11.1 Å². The Morgan fingerprint density at radius 1 is 1.45 bits per heavy atom. The average molecular weight is 278 g/mol.